The molecule has 2 rings (SSSR count). The number of amides is 1. The first-order valence-corrected chi connectivity index (χ1v) is 5.53. The molecule has 2 atom stereocenters. The molecule has 0 bridgehead atoms. The van der Waals surface area contributed by atoms with Crippen LogP contribution in [0.5, 0.6) is 0 Å². The Morgan fingerprint density at radius 1 is 1.53 bits per heavy atom. The van der Waals surface area contributed by atoms with Crippen molar-refractivity contribution in [2.45, 2.75) is 25.2 Å². The minimum absolute atomic E-state index is 0.380. The number of ether oxygens (including phenoxy) is 1. The Hall–Kier alpha value is -1.68. The number of H-pyrrole nitrogens is 1. The second kappa shape index (κ2) is 5.13. The Morgan fingerprint density at radius 3 is 2.84 bits per heavy atom. The van der Waals surface area contributed by atoms with Gasteiger partial charge in [0.2, 0.25) is 17.7 Å². The van der Waals surface area contributed by atoms with Crippen molar-refractivity contribution >= 4 is 11.9 Å². The second-order valence-electron chi connectivity index (χ2n) is 4.00. The highest BCUT2D eigenvalue weighted by atomic mass is 19.4. The smallest absolute Gasteiger partial charge is 0.375 e. The predicted octanol–water partition coefficient (Wildman–Crippen LogP) is 0.139. The van der Waals surface area contributed by atoms with Gasteiger partial charge >= 0.3 is 6.18 Å². The Balaban J connectivity index is 2.00. The molecule has 1 aliphatic rings. The third kappa shape index (κ3) is 3.20. The fourth-order valence-electron chi connectivity index (χ4n) is 1.66. The van der Waals surface area contributed by atoms with E-state index in [2.05, 4.69) is 20.7 Å². The molecule has 0 saturated carbocycles. The summed E-state index contributed by atoms with van der Waals surface area (Å²) in [5.41, 5.74) is 0. The van der Waals surface area contributed by atoms with Crippen LogP contribution < -0.4 is 10.6 Å². The van der Waals surface area contributed by atoms with Crippen molar-refractivity contribution in [3.63, 3.8) is 0 Å². The normalized spacial score (nSPS) is 24.2. The molecule has 3 N–H and O–H groups in total. The van der Waals surface area contributed by atoms with E-state index >= 15 is 0 Å². The van der Waals surface area contributed by atoms with Crippen molar-refractivity contribution in [2.75, 3.05) is 18.5 Å². The highest BCUT2D eigenvalue weighted by Crippen LogP contribution is 2.26. The summed E-state index contributed by atoms with van der Waals surface area (Å²) >= 11 is 0. The monoisotopic (exact) mass is 279 g/mol. The number of hydrogen-bond acceptors (Lipinski definition) is 5. The Kier molecular flexibility index (Phi) is 3.71. The van der Waals surface area contributed by atoms with E-state index in [-0.39, 0.29) is 6.10 Å². The molecule has 10 heteroatoms. The molecule has 1 aliphatic heterocycles. The summed E-state index contributed by atoms with van der Waals surface area (Å²) < 4.78 is 42.1. The van der Waals surface area contributed by atoms with E-state index in [9.17, 15) is 18.0 Å². The average Bonchev–Trinajstić information content (AvgIpc) is 2.77. The van der Waals surface area contributed by atoms with E-state index in [0.717, 1.165) is 0 Å². The molecule has 1 fully saturated rings. The standard InChI is InChI=1S/C9H12F3N5O2/c1-4-5(13-2-3-19-4)6(18)14-8-15-7(16-17-8)9(10,11)12/h4-5,13H,2-3H2,1H3,(H2,14,15,16,17,18)/t4-,5+/m1/s1. The number of anilines is 1. The van der Waals surface area contributed by atoms with Gasteiger partial charge in [-0.1, -0.05) is 0 Å². The van der Waals surface area contributed by atoms with Gasteiger partial charge in [0.25, 0.3) is 0 Å². The second-order valence-corrected chi connectivity index (χ2v) is 4.00. The molecule has 1 saturated heterocycles. The number of aromatic amines is 1. The number of aromatic nitrogens is 3. The number of rotatable bonds is 2. The van der Waals surface area contributed by atoms with Crippen molar-refractivity contribution in [3.05, 3.63) is 5.82 Å². The fourth-order valence-corrected chi connectivity index (χ4v) is 1.66. The molecule has 1 amide bonds. The lowest BCUT2D eigenvalue weighted by atomic mass is 10.1. The molecule has 19 heavy (non-hydrogen) atoms. The highest BCUT2D eigenvalue weighted by molar-refractivity contribution is 5.93. The van der Waals surface area contributed by atoms with Gasteiger partial charge in [0, 0.05) is 6.54 Å². The lowest BCUT2D eigenvalue weighted by Crippen LogP contribution is -2.53. The van der Waals surface area contributed by atoms with Gasteiger partial charge in [-0.15, -0.1) is 5.10 Å². The maximum absolute atomic E-state index is 12.3. The van der Waals surface area contributed by atoms with Crippen molar-refractivity contribution < 1.29 is 22.7 Å². The summed E-state index contributed by atoms with van der Waals surface area (Å²) in [6.07, 6.45) is -5.01. The first kappa shape index (κ1) is 13.7. The number of morpholine rings is 1. The molecule has 0 radical (unpaired) electrons. The third-order valence-electron chi connectivity index (χ3n) is 2.59. The van der Waals surface area contributed by atoms with Gasteiger partial charge in [-0.2, -0.15) is 18.2 Å². The highest BCUT2D eigenvalue weighted by Gasteiger charge is 2.36. The molecular weight excluding hydrogens is 267 g/mol. The number of alkyl halides is 3. The zero-order chi connectivity index (χ0) is 14.0. The SMILES string of the molecule is C[C@H]1OCCN[C@@H]1C(=O)Nc1n[nH]c(C(F)(F)F)n1. The molecular formula is C9H12F3N5O2. The van der Waals surface area contributed by atoms with Gasteiger partial charge in [0.05, 0.1) is 12.7 Å². The summed E-state index contributed by atoms with van der Waals surface area (Å²) in [5.74, 6) is -2.22. The number of hydrogen-bond donors (Lipinski definition) is 3. The van der Waals surface area contributed by atoms with Crippen LogP contribution in [0.15, 0.2) is 0 Å². The first-order valence-electron chi connectivity index (χ1n) is 5.53. The van der Waals surface area contributed by atoms with Crippen LogP contribution in [-0.2, 0) is 15.7 Å². The molecule has 7 nitrogen and oxygen atoms in total. The van der Waals surface area contributed by atoms with Crippen molar-refractivity contribution in [2.24, 2.45) is 0 Å². The number of carbonyl (C=O) groups is 1. The zero-order valence-electron chi connectivity index (χ0n) is 9.91. The van der Waals surface area contributed by atoms with E-state index in [1.165, 1.54) is 0 Å². The van der Waals surface area contributed by atoms with Crippen molar-refractivity contribution in [1.82, 2.24) is 20.5 Å². The first-order chi connectivity index (χ1) is 8.88. The van der Waals surface area contributed by atoms with E-state index in [1.807, 2.05) is 0 Å². The predicted molar refractivity (Wildman–Crippen MR) is 57.2 cm³/mol. The minimum atomic E-state index is -4.63. The van der Waals surface area contributed by atoms with Gasteiger partial charge in [0.15, 0.2) is 0 Å². The topological polar surface area (TPSA) is 91.9 Å². The quantitative estimate of drug-likeness (QED) is 0.716. The summed E-state index contributed by atoms with van der Waals surface area (Å²) in [5, 5.41) is 10.1. The summed E-state index contributed by atoms with van der Waals surface area (Å²) in [7, 11) is 0. The lowest BCUT2D eigenvalue weighted by molar-refractivity contribution is -0.144. The Morgan fingerprint density at radius 2 is 2.26 bits per heavy atom. The van der Waals surface area contributed by atoms with Crippen molar-refractivity contribution in [3.8, 4) is 0 Å². The summed E-state index contributed by atoms with van der Waals surface area (Å²) in [4.78, 5) is 15.0. The maximum Gasteiger partial charge on any atom is 0.451 e. The number of nitrogens with zero attached hydrogens (tertiary/aromatic N) is 2. The summed E-state index contributed by atoms with van der Waals surface area (Å²) in [6, 6.07) is -0.651. The van der Waals surface area contributed by atoms with E-state index in [0.29, 0.717) is 13.2 Å². The molecule has 0 spiro atoms. The van der Waals surface area contributed by atoms with Crippen LogP contribution in [0.2, 0.25) is 0 Å². The van der Waals surface area contributed by atoms with E-state index in [1.54, 1.807) is 12.0 Å². The van der Waals surface area contributed by atoms with Gasteiger partial charge < -0.3 is 10.1 Å². The van der Waals surface area contributed by atoms with E-state index in [4.69, 9.17) is 4.74 Å². The molecule has 0 unspecified atom stereocenters. The van der Waals surface area contributed by atoms with Gasteiger partial charge in [-0.3, -0.25) is 15.2 Å². The zero-order valence-corrected chi connectivity index (χ0v) is 9.91. The van der Waals surface area contributed by atoms with Crippen LogP contribution in [0.3, 0.4) is 0 Å². The van der Waals surface area contributed by atoms with Gasteiger partial charge in [-0.25, -0.2) is 0 Å². The Bertz CT molecular complexity index is 461. The van der Waals surface area contributed by atoms with Crippen LogP contribution in [0, 0.1) is 0 Å². The molecule has 106 valence electrons. The number of nitrogens with one attached hydrogen (secondary N) is 3. The van der Waals surface area contributed by atoms with Crippen LogP contribution >= 0.6 is 0 Å². The van der Waals surface area contributed by atoms with Crippen LogP contribution in [0.1, 0.15) is 12.7 Å². The van der Waals surface area contributed by atoms with Crippen LogP contribution in [-0.4, -0.2) is 46.4 Å². The molecule has 1 aromatic rings. The number of carbonyl (C=O) groups excluding carboxylic acids is 1. The lowest BCUT2D eigenvalue weighted by Gasteiger charge is -2.28. The molecule has 1 aromatic heterocycles. The fraction of sp³-hybridized carbons (Fsp3) is 0.667. The molecule has 0 aliphatic carbocycles. The average molecular weight is 279 g/mol. The largest absolute Gasteiger partial charge is 0.451 e. The summed E-state index contributed by atoms with van der Waals surface area (Å²) in [6.45, 7) is 2.66. The van der Waals surface area contributed by atoms with Crippen LogP contribution in [0.25, 0.3) is 0 Å². The van der Waals surface area contributed by atoms with Crippen molar-refractivity contribution in [1.29, 1.82) is 0 Å². The van der Waals surface area contributed by atoms with Crippen LogP contribution in [0.4, 0.5) is 19.1 Å². The van der Waals surface area contributed by atoms with Gasteiger partial charge in [0.1, 0.15) is 6.04 Å². The Labute approximate surface area is 105 Å². The third-order valence-corrected chi connectivity index (χ3v) is 2.59. The van der Waals surface area contributed by atoms with E-state index < -0.39 is 29.9 Å². The maximum atomic E-state index is 12.3. The van der Waals surface area contributed by atoms with Gasteiger partial charge in [-0.05, 0) is 6.92 Å². The molecule has 2 heterocycles. The molecule has 0 aromatic carbocycles. The minimum Gasteiger partial charge on any atom is -0.375 e. The number of halogens is 3.